The number of hydrogen-bond donors (Lipinski definition) is 2. The zero-order valence-electron chi connectivity index (χ0n) is 9.67. The van der Waals surface area contributed by atoms with Crippen molar-refractivity contribution >= 4 is 22.9 Å². The Labute approximate surface area is 111 Å². The Morgan fingerprint density at radius 3 is 3.00 bits per heavy atom. The maximum absolute atomic E-state index is 13.8. The van der Waals surface area contributed by atoms with Crippen LogP contribution in [0.2, 0.25) is 0 Å². The number of halogens is 1. The fourth-order valence-corrected chi connectivity index (χ4v) is 2.68. The molecule has 0 unspecified atom stereocenters. The molecule has 96 valence electrons. The van der Waals surface area contributed by atoms with Crippen molar-refractivity contribution in [3.63, 3.8) is 0 Å². The maximum atomic E-state index is 13.8. The van der Waals surface area contributed by atoms with Crippen molar-refractivity contribution in [1.29, 1.82) is 0 Å². The zero-order chi connectivity index (χ0) is 13.2. The molecule has 0 aliphatic carbocycles. The number of benzene rings is 1. The van der Waals surface area contributed by atoms with Crippen molar-refractivity contribution in [1.82, 2.24) is 19.9 Å². The minimum absolute atomic E-state index is 0.225. The van der Waals surface area contributed by atoms with Gasteiger partial charge in [0, 0.05) is 0 Å². The van der Waals surface area contributed by atoms with Gasteiger partial charge in [-0.15, -0.1) is 0 Å². The van der Waals surface area contributed by atoms with Gasteiger partial charge in [-0.3, -0.25) is 0 Å². The van der Waals surface area contributed by atoms with Crippen molar-refractivity contribution in [2.24, 2.45) is 0 Å². The van der Waals surface area contributed by atoms with E-state index in [-0.39, 0.29) is 12.4 Å². The summed E-state index contributed by atoms with van der Waals surface area (Å²) in [6, 6.07) is 4.60. The first-order valence-electron chi connectivity index (χ1n) is 5.50. The van der Waals surface area contributed by atoms with E-state index in [9.17, 15) is 9.50 Å². The van der Waals surface area contributed by atoms with Gasteiger partial charge in [0.15, 0.2) is 5.65 Å². The van der Waals surface area contributed by atoms with E-state index < -0.39 is 0 Å². The number of nitrogens with zero attached hydrogens (tertiary/aromatic N) is 3. The molecule has 0 fully saturated rings. The molecule has 0 atom stereocenters. The summed E-state index contributed by atoms with van der Waals surface area (Å²) in [4.78, 5) is 15.4. The Morgan fingerprint density at radius 2 is 2.16 bits per heavy atom. The monoisotopic (exact) mass is 276 g/mol. The predicted octanol–water partition coefficient (Wildman–Crippen LogP) is 2.14. The van der Waals surface area contributed by atoms with Crippen molar-refractivity contribution in [2.75, 3.05) is 0 Å². The Bertz CT molecular complexity index is 731. The molecule has 0 spiro atoms. The van der Waals surface area contributed by atoms with Crippen LogP contribution in [0.15, 0.2) is 40.8 Å². The van der Waals surface area contributed by atoms with Gasteiger partial charge in [0.1, 0.15) is 22.7 Å². The molecule has 5 nitrogen and oxygen atoms in total. The van der Waals surface area contributed by atoms with Crippen LogP contribution < -0.4 is 0 Å². The highest BCUT2D eigenvalue weighted by Gasteiger charge is 2.13. The molecule has 1 aromatic carbocycles. The fraction of sp³-hybridized carbons (Fsp3) is 0.0833. The molecule has 0 aliphatic rings. The summed E-state index contributed by atoms with van der Waals surface area (Å²) in [5, 5.41) is 9.83. The fourth-order valence-electron chi connectivity index (χ4n) is 1.71. The van der Waals surface area contributed by atoms with E-state index in [0.29, 0.717) is 26.6 Å². The number of fused-ring (bicyclic) bond motifs is 1. The molecule has 2 aromatic heterocycles. The van der Waals surface area contributed by atoms with E-state index in [1.54, 1.807) is 12.1 Å². The van der Waals surface area contributed by atoms with Crippen LogP contribution in [0.25, 0.3) is 11.2 Å². The molecule has 0 bridgehead atoms. The lowest BCUT2D eigenvalue weighted by molar-refractivity contribution is 0.277. The molecule has 7 heteroatoms. The third-order valence-corrected chi connectivity index (χ3v) is 3.77. The van der Waals surface area contributed by atoms with Gasteiger partial charge in [-0.2, -0.15) is 0 Å². The van der Waals surface area contributed by atoms with Crippen LogP contribution in [0.1, 0.15) is 5.56 Å². The number of hydrogen-bond acceptors (Lipinski definition) is 5. The van der Waals surface area contributed by atoms with E-state index >= 15 is 0 Å². The number of imidazole rings is 1. The highest BCUT2D eigenvalue weighted by molar-refractivity contribution is 7.99. The van der Waals surface area contributed by atoms with E-state index in [4.69, 9.17) is 0 Å². The SMILES string of the molecule is OCc1cccc(F)c1Sc1ncnc2nc[nH]c12. The molecule has 3 aromatic rings. The Kier molecular flexibility index (Phi) is 3.14. The topological polar surface area (TPSA) is 74.7 Å². The van der Waals surface area contributed by atoms with Crippen LogP contribution in [0, 0.1) is 5.82 Å². The molecule has 2 N–H and O–H groups in total. The number of aliphatic hydroxyl groups is 1. The average molecular weight is 276 g/mol. The quantitative estimate of drug-likeness (QED) is 0.717. The Balaban J connectivity index is 2.08. The van der Waals surface area contributed by atoms with E-state index in [0.717, 1.165) is 11.8 Å². The standard InChI is InChI=1S/C12H9FN4OS/c13-8-3-1-2-7(4-18)10(8)19-12-9-11(15-5-14-9)16-6-17-12/h1-3,5-6,18H,4H2,(H,14,15,16,17). The summed E-state index contributed by atoms with van der Waals surface area (Å²) in [5.74, 6) is -0.386. The summed E-state index contributed by atoms with van der Waals surface area (Å²) in [6.45, 7) is -0.225. The zero-order valence-corrected chi connectivity index (χ0v) is 10.5. The molecular weight excluding hydrogens is 267 g/mol. The van der Waals surface area contributed by atoms with Crippen LogP contribution in [-0.4, -0.2) is 25.0 Å². The van der Waals surface area contributed by atoms with Crippen LogP contribution in [-0.2, 0) is 6.61 Å². The first-order chi connectivity index (χ1) is 9.29. The predicted molar refractivity (Wildman–Crippen MR) is 68.1 cm³/mol. The molecule has 2 heterocycles. The van der Waals surface area contributed by atoms with Crippen LogP contribution >= 0.6 is 11.8 Å². The summed E-state index contributed by atoms with van der Waals surface area (Å²) >= 11 is 1.14. The summed E-state index contributed by atoms with van der Waals surface area (Å²) in [7, 11) is 0. The van der Waals surface area contributed by atoms with Gasteiger partial charge < -0.3 is 10.1 Å². The van der Waals surface area contributed by atoms with Gasteiger partial charge in [-0.25, -0.2) is 19.3 Å². The molecule has 0 radical (unpaired) electrons. The summed E-state index contributed by atoms with van der Waals surface area (Å²) in [6.07, 6.45) is 2.89. The lowest BCUT2D eigenvalue weighted by Crippen LogP contribution is -1.93. The van der Waals surface area contributed by atoms with Crippen LogP contribution in [0.5, 0.6) is 0 Å². The average Bonchev–Trinajstić information content (AvgIpc) is 2.90. The minimum atomic E-state index is -0.386. The lowest BCUT2D eigenvalue weighted by atomic mass is 10.2. The highest BCUT2D eigenvalue weighted by atomic mass is 32.2. The maximum Gasteiger partial charge on any atom is 0.181 e. The normalized spacial score (nSPS) is 11.1. The molecule has 19 heavy (non-hydrogen) atoms. The third-order valence-electron chi connectivity index (χ3n) is 2.61. The second-order valence-electron chi connectivity index (χ2n) is 3.77. The first-order valence-corrected chi connectivity index (χ1v) is 6.31. The highest BCUT2D eigenvalue weighted by Crippen LogP contribution is 2.33. The number of nitrogens with one attached hydrogen (secondary N) is 1. The third kappa shape index (κ3) is 2.18. The van der Waals surface area contributed by atoms with Gasteiger partial charge in [0.2, 0.25) is 0 Å². The van der Waals surface area contributed by atoms with Gasteiger partial charge in [0.25, 0.3) is 0 Å². The number of rotatable bonds is 3. The van der Waals surface area contributed by atoms with Crippen molar-refractivity contribution in [3.05, 3.63) is 42.2 Å². The van der Waals surface area contributed by atoms with Crippen LogP contribution in [0.4, 0.5) is 4.39 Å². The van der Waals surface area contributed by atoms with E-state index in [2.05, 4.69) is 19.9 Å². The second-order valence-corrected chi connectivity index (χ2v) is 4.77. The number of aromatic nitrogens is 4. The smallest absolute Gasteiger partial charge is 0.181 e. The van der Waals surface area contributed by atoms with Crippen molar-refractivity contribution in [2.45, 2.75) is 16.5 Å². The second kappa shape index (κ2) is 4.94. The Morgan fingerprint density at radius 1 is 1.26 bits per heavy atom. The molecule has 0 aliphatic heterocycles. The van der Waals surface area contributed by atoms with Crippen molar-refractivity contribution in [3.8, 4) is 0 Å². The molecule has 0 amide bonds. The summed E-state index contributed by atoms with van der Waals surface area (Å²) < 4.78 is 13.8. The Hall–Kier alpha value is -1.99. The molecule has 0 saturated carbocycles. The lowest BCUT2D eigenvalue weighted by Gasteiger charge is -2.07. The minimum Gasteiger partial charge on any atom is -0.392 e. The van der Waals surface area contributed by atoms with Crippen LogP contribution in [0.3, 0.4) is 0 Å². The number of aliphatic hydroxyl groups excluding tert-OH is 1. The van der Waals surface area contributed by atoms with E-state index in [1.807, 2.05) is 0 Å². The van der Waals surface area contributed by atoms with Gasteiger partial charge in [-0.1, -0.05) is 23.9 Å². The number of aromatic amines is 1. The molecule has 0 saturated heterocycles. The van der Waals surface area contributed by atoms with Gasteiger partial charge in [-0.05, 0) is 11.6 Å². The first kappa shape index (κ1) is 12.1. The van der Waals surface area contributed by atoms with E-state index in [1.165, 1.54) is 18.7 Å². The number of H-pyrrole nitrogens is 1. The molecular formula is C12H9FN4OS. The van der Waals surface area contributed by atoms with Gasteiger partial charge >= 0.3 is 0 Å². The van der Waals surface area contributed by atoms with Crippen molar-refractivity contribution < 1.29 is 9.50 Å². The molecule has 3 rings (SSSR count). The van der Waals surface area contributed by atoms with Gasteiger partial charge in [0.05, 0.1) is 17.8 Å². The summed E-state index contributed by atoms with van der Waals surface area (Å²) in [5.41, 5.74) is 1.70. The largest absolute Gasteiger partial charge is 0.392 e.